The highest BCUT2D eigenvalue weighted by Gasteiger charge is 2.30. The third-order valence-corrected chi connectivity index (χ3v) is 6.08. The normalized spacial score (nSPS) is 16.4. The topological polar surface area (TPSA) is 108 Å². The Bertz CT molecular complexity index is 953. The van der Waals surface area contributed by atoms with Gasteiger partial charge in [0.15, 0.2) is 6.10 Å². The second-order valence-electron chi connectivity index (χ2n) is 7.21. The maximum absolute atomic E-state index is 12.6. The van der Waals surface area contributed by atoms with Gasteiger partial charge < -0.3 is 20.5 Å². The van der Waals surface area contributed by atoms with Crippen molar-refractivity contribution in [2.45, 2.75) is 39.2 Å². The summed E-state index contributed by atoms with van der Waals surface area (Å²) >= 11 is 1.38. The molecule has 1 aromatic carbocycles. The van der Waals surface area contributed by atoms with Gasteiger partial charge in [-0.05, 0) is 55.9 Å². The molecule has 0 aliphatic heterocycles. The van der Waals surface area contributed by atoms with Gasteiger partial charge in [-0.1, -0.05) is 13.0 Å². The molecule has 1 amide bonds. The van der Waals surface area contributed by atoms with Crippen LogP contribution in [-0.4, -0.2) is 31.1 Å². The number of hydrogen-bond donors (Lipinski definition) is 2. The predicted octanol–water partition coefficient (Wildman–Crippen LogP) is 3.43. The summed E-state index contributed by atoms with van der Waals surface area (Å²) in [7, 11) is 1.32. The zero-order valence-corrected chi connectivity index (χ0v) is 17.4. The molecule has 2 atom stereocenters. The highest BCUT2D eigenvalue weighted by Crippen LogP contribution is 2.40. The summed E-state index contributed by atoms with van der Waals surface area (Å²) in [5, 5.41) is 3.18. The fraction of sp³-hybridized carbons (Fsp3) is 0.381. The molecule has 154 valence electrons. The van der Waals surface area contributed by atoms with E-state index in [9.17, 15) is 14.4 Å². The molecule has 0 radical (unpaired) electrons. The van der Waals surface area contributed by atoms with Crippen LogP contribution in [0.2, 0.25) is 0 Å². The van der Waals surface area contributed by atoms with Gasteiger partial charge in [0.05, 0.1) is 18.2 Å². The molecule has 0 fully saturated rings. The minimum Gasteiger partial charge on any atom is -0.465 e. The van der Waals surface area contributed by atoms with Crippen molar-refractivity contribution in [1.29, 1.82) is 0 Å². The molecular weight excluding hydrogens is 392 g/mol. The fourth-order valence-corrected chi connectivity index (χ4v) is 4.72. The zero-order valence-electron chi connectivity index (χ0n) is 16.6. The fourth-order valence-electron chi connectivity index (χ4n) is 3.32. The molecule has 1 aliphatic rings. The van der Waals surface area contributed by atoms with Gasteiger partial charge in [-0.2, -0.15) is 0 Å². The number of carbonyl (C=O) groups excluding carboxylic acids is 3. The molecule has 0 saturated carbocycles. The van der Waals surface area contributed by atoms with Crippen molar-refractivity contribution < 1.29 is 23.9 Å². The lowest BCUT2D eigenvalue weighted by molar-refractivity contribution is -0.123. The molecule has 3 N–H and O–H groups in total. The average Bonchev–Trinajstić information content (AvgIpc) is 3.03. The van der Waals surface area contributed by atoms with E-state index >= 15 is 0 Å². The highest BCUT2D eigenvalue weighted by molar-refractivity contribution is 7.17. The van der Waals surface area contributed by atoms with Crippen molar-refractivity contribution in [2.75, 3.05) is 18.2 Å². The molecule has 1 aromatic heterocycles. The SMILES string of the molecule is COC(=O)c1c(NC(=O)C(C)OC(=O)c2cccc(N)c2)sc2c1CCC(C)C2. The van der Waals surface area contributed by atoms with Crippen LogP contribution in [0.4, 0.5) is 10.7 Å². The summed E-state index contributed by atoms with van der Waals surface area (Å²) in [5.74, 6) is -1.11. The molecule has 1 aliphatic carbocycles. The minimum atomic E-state index is -1.05. The molecule has 0 bridgehead atoms. The lowest BCUT2D eigenvalue weighted by atomic mass is 9.88. The van der Waals surface area contributed by atoms with Gasteiger partial charge in [-0.25, -0.2) is 9.59 Å². The lowest BCUT2D eigenvalue weighted by Gasteiger charge is -2.18. The number of fused-ring (bicyclic) bond motifs is 1. The number of thiophene rings is 1. The van der Waals surface area contributed by atoms with E-state index in [-0.39, 0.29) is 5.56 Å². The predicted molar refractivity (Wildman–Crippen MR) is 111 cm³/mol. The number of nitrogen functional groups attached to an aromatic ring is 1. The largest absolute Gasteiger partial charge is 0.465 e. The van der Waals surface area contributed by atoms with Crippen molar-refractivity contribution in [3.63, 3.8) is 0 Å². The molecule has 29 heavy (non-hydrogen) atoms. The number of methoxy groups -OCH3 is 1. The summed E-state index contributed by atoms with van der Waals surface area (Å²) < 4.78 is 10.2. The van der Waals surface area contributed by atoms with Crippen LogP contribution in [-0.2, 0) is 27.1 Å². The van der Waals surface area contributed by atoms with Crippen LogP contribution in [0.1, 0.15) is 51.4 Å². The monoisotopic (exact) mass is 416 g/mol. The summed E-state index contributed by atoms with van der Waals surface area (Å²) in [5.41, 5.74) is 7.72. The number of benzene rings is 1. The Morgan fingerprint density at radius 2 is 2.03 bits per heavy atom. The van der Waals surface area contributed by atoms with Crippen molar-refractivity contribution in [2.24, 2.45) is 5.92 Å². The van der Waals surface area contributed by atoms with Gasteiger partial charge in [0.2, 0.25) is 0 Å². The molecule has 3 rings (SSSR count). The molecule has 0 spiro atoms. The first-order valence-corrected chi connectivity index (χ1v) is 10.2. The molecule has 2 aromatic rings. The summed E-state index contributed by atoms with van der Waals surface area (Å²) in [6, 6.07) is 6.33. The van der Waals surface area contributed by atoms with E-state index in [0.29, 0.717) is 22.2 Å². The second kappa shape index (κ2) is 8.65. The average molecular weight is 416 g/mol. The number of esters is 2. The first-order valence-electron chi connectivity index (χ1n) is 9.40. The van der Waals surface area contributed by atoms with Crippen LogP contribution in [0.5, 0.6) is 0 Å². The Morgan fingerprint density at radius 3 is 2.72 bits per heavy atom. The molecule has 7 nitrogen and oxygen atoms in total. The van der Waals surface area contributed by atoms with Gasteiger partial charge in [-0.15, -0.1) is 11.3 Å². The summed E-state index contributed by atoms with van der Waals surface area (Å²) in [6.07, 6.45) is 1.56. The number of rotatable bonds is 5. The molecule has 2 unspecified atom stereocenters. The number of anilines is 2. The Balaban J connectivity index is 1.76. The van der Waals surface area contributed by atoms with Crippen LogP contribution < -0.4 is 11.1 Å². The van der Waals surface area contributed by atoms with Crippen molar-refractivity contribution in [3.8, 4) is 0 Å². The van der Waals surface area contributed by atoms with Crippen LogP contribution >= 0.6 is 11.3 Å². The minimum absolute atomic E-state index is 0.264. The van der Waals surface area contributed by atoms with E-state index in [2.05, 4.69) is 12.2 Å². The van der Waals surface area contributed by atoms with Crippen LogP contribution in [0.25, 0.3) is 0 Å². The molecule has 1 heterocycles. The van der Waals surface area contributed by atoms with Crippen LogP contribution in [0.3, 0.4) is 0 Å². The van der Waals surface area contributed by atoms with Gasteiger partial charge in [-0.3, -0.25) is 4.79 Å². The molecular formula is C21H24N2O5S. The second-order valence-corrected chi connectivity index (χ2v) is 8.31. The molecule has 0 saturated heterocycles. The van der Waals surface area contributed by atoms with Gasteiger partial charge in [0.25, 0.3) is 5.91 Å². The van der Waals surface area contributed by atoms with Crippen LogP contribution in [0.15, 0.2) is 24.3 Å². The quantitative estimate of drug-likeness (QED) is 0.571. The third-order valence-electron chi connectivity index (χ3n) is 4.91. The number of nitrogens with two attached hydrogens (primary N) is 1. The van der Waals surface area contributed by atoms with E-state index < -0.39 is 23.9 Å². The lowest BCUT2D eigenvalue weighted by Crippen LogP contribution is -2.30. The maximum Gasteiger partial charge on any atom is 0.341 e. The number of ether oxygens (including phenoxy) is 2. The van der Waals surface area contributed by atoms with Crippen LogP contribution in [0, 0.1) is 5.92 Å². The smallest absolute Gasteiger partial charge is 0.341 e. The summed E-state index contributed by atoms with van der Waals surface area (Å²) in [6.45, 7) is 3.64. The zero-order chi connectivity index (χ0) is 21.1. The maximum atomic E-state index is 12.6. The number of amides is 1. The highest BCUT2D eigenvalue weighted by atomic mass is 32.1. The third kappa shape index (κ3) is 4.59. The molecule has 8 heteroatoms. The van der Waals surface area contributed by atoms with Crippen molar-refractivity contribution in [3.05, 3.63) is 45.8 Å². The van der Waals surface area contributed by atoms with E-state index in [0.717, 1.165) is 29.7 Å². The summed E-state index contributed by atoms with van der Waals surface area (Å²) in [4.78, 5) is 38.3. The van der Waals surface area contributed by atoms with E-state index in [1.165, 1.54) is 31.4 Å². The number of hydrogen-bond acceptors (Lipinski definition) is 7. The van der Waals surface area contributed by atoms with Gasteiger partial charge >= 0.3 is 11.9 Å². The van der Waals surface area contributed by atoms with Crippen molar-refractivity contribution in [1.82, 2.24) is 0 Å². The first-order chi connectivity index (χ1) is 13.8. The standard InChI is InChI=1S/C21H24N2O5S/c1-11-7-8-15-16(9-11)29-19(17(15)21(26)27-3)23-18(24)12(2)28-20(25)13-5-4-6-14(22)10-13/h4-6,10-12H,7-9,22H2,1-3H3,(H,23,24). The van der Waals surface area contributed by atoms with E-state index in [1.807, 2.05) is 0 Å². The Hall–Kier alpha value is -2.87. The van der Waals surface area contributed by atoms with E-state index in [1.54, 1.807) is 18.2 Å². The Morgan fingerprint density at radius 1 is 1.28 bits per heavy atom. The first kappa shape index (κ1) is 20.9. The number of carbonyl (C=O) groups is 3. The Kier molecular flexibility index (Phi) is 6.22. The van der Waals surface area contributed by atoms with E-state index in [4.69, 9.17) is 15.2 Å². The van der Waals surface area contributed by atoms with Gasteiger partial charge in [0.1, 0.15) is 5.00 Å². The Labute approximate surface area is 173 Å². The van der Waals surface area contributed by atoms with Crippen molar-refractivity contribution >= 4 is 39.9 Å². The number of nitrogens with one attached hydrogen (secondary N) is 1. The van der Waals surface area contributed by atoms with Gasteiger partial charge in [0, 0.05) is 10.6 Å².